The zero-order valence-corrected chi connectivity index (χ0v) is 22.4. The van der Waals surface area contributed by atoms with E-state index in [-0.39, 0.29) is 37.6 Å². The van der Waals surface area contributed by atoms with Gasteiger partial charge in [0.2, 0.25) is 0 Å². The van der Waals surface area contributed by atoms with Gasteiger partial charge in [0.15, 0.2) is 5.60 Å². The maximum absolute atomic E-state index is 14.3. The second-order valence-electron chi connectivity index (χ2n) is 10.2. The number of alkyl halides is 3. The third kappa shape index (κ3) is 6.31. The van der Waals surface area contributed by atoms with E-state index in [0.717, 1.165) is 23.0 Å². The number of carboxylic acid groups (broad SMARTS) is 1. The molecule has 2 N–H and O–H groups in total. The highest BCUT2D eigenvalue weighted by atomic mass is 19.4. The van der Waals surface area contributed by atoms with Crippen molar-refractivity contribution in [3.8, 4) is 5.75 Å². The predicted molar refractivity (Wildman–Crippen MR) is 133 cm³/mol. The van der Waals surface area contributed by atoms with Gasteiger partial charge < -0.3 is 34.6 Å². The number of rotatable bonds is 6. The highest BCUT2D eigenvalue weighted by molar-refractivity contribution is 6.05. The van der Waals surface area contributed by atoms with Crippen molar-refractivity contribution in [1.82, 2.24) is 15.1 Å². The number of nitrogens with zero attached hydrogens (tertiary/aromatic N) is 3. The third-order valence-corrected chi connectivity index (χ3v) is 6.69. The predicted octanol–water partition coefficient (Wildman–Crippen LogP) is 3.56. The fraction of sp³-hybridized carbons (Fsp3) is 0.600. The summed E-state index contributed by atoms with van der Waals surface area (Å²) in [6.45, 7) is 6.12. The van der Waals surface area contributed by atoms with Crippen LogP contribution in [-0.2, 0) is 15.7 Å². The Labute approximate surface area is 223 Å². The van der Waals surface area contributed by atoms with Crippen molar-refractivity contribution >= 4 is 29.7 Å². The highest BCUT2D eigenvalue weighted by Crippen LogP contribution is 2.44. The van der Waals surface area contributed by atoms with Gasteiger partial charge in [-0.15, -0.1) is 0 Å². The van der Waals surface area contributed by atoms with Crippen molar-refractivity contribution in [2.24, 2.45) is 0 Å². The topological polar surface area (TPSA) is 129 Å². The lowest BCUT2D eigenvalue weighted by Gasteiger charge is -2.42. The van der Waals surface area contributed by atoms with Crippen LogP contribution in [0, 0.1) is 0 Å². The van der Waals surface area contributed by atoms with Crippen LogP contribution in [0.3, 0.4) is 0 Å². The Morgan fingerprint density at radius 3 is 2.51 bits per heavy atom. The number of carbonyl (C=O) groups excluding carboxylic acids is 3. The first-order valence-electron chi connectivity index (χ1n) is 12.5. The molecule has 0 aromatic heterocycles. The quantitative estimate of drug-likeness (QED) is 0.546. The first-order valence-corrected chi connectivity index (χ1v) is 12.5. The monoisotopic (exact) mass is 558 g/mol. The van der Waals surface area contributed by atoms with E-state index in [1.165, 1.54) is 18.7 Å². The molecule has 1 fully saturated rings. The molecule has 1 aromatic rings. The number of alkyl carbamates (subject to hydrolysis) is 1. The van der Waals surface area contributed by atoms with E-state index in [1.807, 2.05) is 0 Å². The number of hydrogen-bond acceptors (Lipinski definition) is 6. The maximum atomic E-state index is 14.3. The molecule has 39 heavy (non-hydrogen) atoms. The van der Waals surface area contributed by atoms with Crippen LogP contribution in [0.2, 0.25) is 0 Å². The van der Waals surface area contributed by atoms with Crippen molar-refractivity contribution in [1.29, 1.82) is 0 Å². The number of nitrogens with one attached hydrogen (secondary N) is 1. The number of halogens is 3. The molecule has 11 nitrogen and oxygen atoms in total. The van der Waals surface area contributed by atoms with Crippen LogP contribution in [-0.4, -0.2) is 89.9 Å². The van der Waals surface area contributed by atoms with Crippen LogP contribution in [0.5, 0.6) is 5.75 Å². The average Bonchev–Trinajstić information content (AvgIpc) is 2.84. The number of benzene rings is 1. The number of methoxy groups -OCH3 is 1. The molecule has 0 spiro atoms. The van der Waals surface area contributed by atoms with E-state index in [4.69, 9.17) is 4.74 Å². The number of anilines is 1. The van der Waals surface area contributed by atoms with Gasteiger partial charge in [0, 0.05) is 32.2 Å². The third-order valence-electron chi connectivity index (χ3n) is 6.69. The van der Waals surface area contributed by atoms with Gasteiger partial charge in [0.05, 0.1) is 30.0 Å². The van der Waals surface area contributed by atoms with Gasteiger partial charge in [-0.05, 0) is 52.7 Å². The molecule has 0 aliphatic carbocycles. The Morgan fingerprint density at radius 1 is 1.28 bits per heavy atom. The minimum absolute atomic E-state index is 0.0351. The van der Waals surface area contributed by atoms with E-state index < -0.39 is 59.0 Å². The van der Waals surface area contributed by atoms with Crippen LogP contribution in [0.15, 0.2) is 12.1 Å². The second kappa shape index (κ2) is 11.2. The summed E-state index contributed by atoms with van der Waals surface area (Å²) >= 11 is 0. The molecule has 0 bridgehead atoms. The summed E-state index contributed by atoms with van der Waals surface area (Å²) in [5, 5.41) is 11.8. The molecule has 2 heterocycles. The Bertz CT molecular complexity index is 1140. The lowest BCUT2D eigenvalue weighted by atomic mass is 9.96. The van der Waals surface area contributed by atoms with Gasteiger partial charge in [0.1, 0.15) is 5.75 Å². The van der Waals surface area contributed by atoms with Crippen LogP contribution < -0.4 is 15.0 Å². The molecular formula is C25H33F3N4O7. The molecule has 0 saturated carbocycles. The zero-order valence-electron chi connectivity index (χ0n) is 22.4. The van der Waals surface area contributed by atoms with Gasteiger partial charge in [-0.1, -0.05) is 0 Å². The van der Waals surface area contributed by atoms with Crippen LogP contribution >= 0.6 is 0 Å². The van der Waals surface area contributed by atoms with Gasteiger partial charge in [-0.25, -0.2) is 9.59 Å². The first-order chi connectivity index (χ1) is 18.1. The molecule has 0 radical (unpaired) electrons. The number of ether oxygens (including phenoxy) is 2. The smallest absolute Gasteiger partial charge is 0.417 e. The van der Waals surface area contributed by atoms with Gasteiger partial charge >= 0.3 is 18.4 Å². The number of piperidine rings is 1. The minimum atomic E-state index is -4.94. The van der Waals surface area contributed by atoms with Gasteiger partial charge in [-0.3, -0.25) is 9.59 Å². The molecule has 1 saturated heterocycles. The van der Waals surface area contributed by atoms with E-state index in [9.17, 15) is 37.5 Å². The first kappa shape index (κ1) is 29.8. The van der Waals surface area contributed by atoms with Gasteiger partial charge in [0.25, 0.3) is 11.8 Å². The van der Waals surface area contributed by atoms with Gasteiger partial charge in [-0.2, -0.15) is 13.2 Å². The standard InChI is InChI=1S/C25H33F3N4O7/c1-14(2)32(15-7-6-9-30(13-15)23(36)37)20(33)16-11-18-19(12-17(16)25(26,27)28)39-24(3,4)21(34)31(18)10-8-29-22(35)38-5/h11-12,14-15H,6-10,13H2,1-5H3,(H,29,35)(H,36,37)/t15-/m1/s1. The average molecular weight is 559 g/mol. The van der Waals surface area contributed by atoms with Crippen molar-refractivity contribution in [3.05, 3.63) is 23.3 Å². The van der Waals surface area contributed by atoms with Crippen LogP contribution in [0.1, 0.15) is 56.5 Å². The highest BCUT2D eigenvalue weighted by Gasteiger charge is 2.45. The second-order valence-corrected chi connectivity index (χ2v) is 10.2. The molecule has 4 amide bonds. The molecule has 14 heteroatoms. The van der Waals surface area contributed by atoms with Crippen molar-refractivity contribution in [2.75, 3.05) is 38.2 Å². The van der Waals surface area contributed by atoms with Crippen LogP contribution in [0.25, 0.3) is 0 Å². The fourth-order valence-electron chi connectivity index (χ4n) is 4.91. The normalized spacial score (nSPS) is 18.8. The summed E-state index contributed by atoms with van der Waals surface area (Å²) in [4.78, 5) is 53.6. The van der Waals surface area contributed by atoms with E-state index in [0.29, 0.717) is 18.9 Å². The maximum Gasteiger partial charge on any atom is 0.417 e. The Morgan fingerprint density at radius 2 is 1.95 bits per heavy atom. The van der Waals surface area contributed by atoms with E-state index >= 15 is 0 Å². The molecule has 1 atom stereocenters. The van der Waals surface area contributed by atoms with E-state index in [1.54, 1.807) is 13.8 Å². The summed E-state index contributed by atoms with van der Waals surface area (Å²) in [7, 11) is 1.16. The Hall–Kier alpha value is -3.71. The lowest BCUT2D eigenvalue weighted by molar-refractivity contribution is -0.138. The van der Waals surface area contributed by atoms with E-state index in [2.05, 4.69) is 10.1 Å². The summed E-state index contributed by atoms with van der Waals surface area (Å²) in [5.74, 6) is -1.76. The summed E-state index contributed by atoms with van der Waals surface area (Å²) in [6.07, 6.45) is -6.00. The van der Waals surface area contributed by atoms with Crippen LogP contribution in [0.4, 0.5) is 28.4 Å². The molecular weight excluding hydrogens is 525 g/mol. The number of fused-ring (bicyclic) bond motifs is 1. The van der Waals surface area contributed by atoms with Crippen molar-refractivity contribution < 1.29 is 46.9 Å². The molecule has 2 aliphatic rings. The largest absolute Gasteiger partial charge is 0.476 e. The lowest BCUT2D eigenvalue weighted by Crippen LogP contribution is -2.55. The molecule has 216 valence electrons. The molecule has 3 rings (SSSR count). The number of amides is 4. The SMILES string of the molecule is COC(=O)NCCN1C(=O)C(C)(C)Oc2cc(C(F)(F)F)c(C(=O)N(C(C)C)[C@@H]3CCCN(C(=O)O)C3)cc21. The molecule has 2 aliphatic heterocycles. The molecule has 1 aromatic carbocycles. The van der Waals surface area contributed by atoms with Crippen molar-refractivity contribution in [3.63, 3.8) is 0 Å². The number of carbonyl (C=O) groups is 4. The number of hydrogen-bond donors (Lipinski definition) is 2. The Kier molecular flexibility index (Phi) is 8.56. The zero-order chi connectivity index (χ0) is 29.3. The summed E-state index contributed by atoms with van der Waals surface area (Å²) in [6, 6.07) is 0.501. The summed E-state index contributed by atoms with van der Waals surface area (Å²) in [5.41, 5.74) is -3.49. The number of likely N-dealkylation sites (tertiary alicyclic amines) is 1. The summed E-state index contributed by atoms with van der Waals surface area (Å²) < 4.78 is 53.0. The Balaban J connectivity index is 2.10. The molecule has 0 unspecified atom stereocenters. The minimum Gasteiger partial charge on any atom is -0.476 e. The van der Waals surface area contributed by atoms with Crippen molar-refractivity contribution in [2.45, 2.75) is 64.4 Å². The fourth-order valence-corrected chi connectivity index (χ4v) is 4.91.